The molecule has 2 amide bonds. The van der Waals surface area contributed by atoms with Gasteiger partial charge in [-0.2, -0.15) is 0 Å². The number of amides is 2. The molecule has 0 aliphatic rings. The standard InChI is InChI=1S/C33H43N3O4S/c1-9-29(32(38)34-33(6,7)8)35(21-27-13-11-10-12-25(27)4)31(37)22-36(30-20-24(3)14-17-26(30)5)41(39,40)28-18-15-23(2)16-19-28/h10-20,29H,9,21-22H2,1-8H3,(H,34,38)/t29-/m1/s1. The molecule has 1 atom stereocenters. The van der Waals surface area contributed by atoms with Crippen molar-refractivity contribution in [3.8, 4) is 0 Å². The first-order valence-corrected chi connectivity index (χ1v) is 15.4. The van der Waals surface area contributed by atoms with E-state index in [1.54, 1.807) is 30.3 Å². The van der Waals surface area contributed by atoms with E-state index in [1.807, 2.05) is 91.8 Å². The molecule has 7 nitrogen and oxygen atoms in total. The Bertz CT molecular complexity index is 1490. The Morgan fingerprint density at radius 1 is 0.854 bits per heavy atom. The minimum atomic E-state index is -4.12. The fraction of sp³-hybridized carbons (Fsp3) is 0.394. The van der Waals surface area contributed by atoms with Gasteiger partial charge in [-0.15, -0.1) is 0 Å². The largest absolute Gasteiger partial charge is 0.350 e. The quantitative estimate of drug-likeness (QED) is 0.328. The number of hydrogen-bond donors (Lipinski definition) is 1. The molecule has 3 aromatic rings. The van der Waals surface area contributed by atoms with Crippen LogP contribution in [0.15, 0.2) is 71.6 Å². The van der Waals surface area contributed by atoms with Crippen molar-refractivity contribution in [3.05, 3.63) is 94.5 Å². The lowest BCUT2D eigenvalue weighted by Crippen LogP contribution is -2.55. The first-order valence-electron chi connectivity index (χ1n) is 14.0. The molecule has 41 heavy (non-hydrogen) atoms. The summed E-state index contributed by atoms with van der Waals surface area (Å²) in [7, 11) is -4.12. The summed E-state index contributed by atoms with van der Waals surface area (Å²) in [5, 5.41) is 3.00. The number of anilines is 1. The van der Waals surface area contributed by atoms with Crippen molar-refractivity contribution in [2.45, 2.75) is 84.8 Å². The fourth-order valence-corrected chi connectivity index (χ4v) is 6.15. The van der Waals surface area contributed by atoms with Crippen LogP contribution < -0.4 is 9.62 Å². The first-order chi connectivity index (χ1) is 19.1. The third-order valence-corrected chi connectivity index (χ3v) is 8.78. The maximum Gasteiger partial charge on any atom is 0.264 e. The summed E-state index contributed by atoms with van der Waals surface area (Å²) in [5.41, 5.74) is 4.33. The predicted octanol–water partition coefficient (Wildman–Crippen LogP) is 5.84. The van der Waals surface area contributed by atoms with Crippen molar-refractivity contribution in [2.24, 2.45) is 0 Å². The predicted molar refractivity (Wildman–Crippen MR) is 165 cm³/mol. The van der Waals surface area contributed by atoms with Crippen LogP contribution in [0.4, 0.5) is 5.69 Å². The van der Waals surface area contributed by atoms with Gasteiger partial charge >= 0.3 is 0 Å². The van der Waals surface area contributed by atoms with Gasteiger partial charge in [-0.3, -0.25) is 13.9 Å². The molecular weight excluding hydrogens is 534 g/mol. The van der Waals surface area contributed by atoms with E-state index in [0.29, 0.717) is 12.1 Å². The average molecular weight is 578 g/mol. The highest BCUT2D eigenvalue weighted by Crippen LogP contribution is 2.29. The van der Waals surface area contributed by atoms with Crippen LogP contribution in [0.5, 0.6) is 0 Å². The molecule has 0 aromatic heterocycles. The van der Waals surface area contributed by atoms with Crippen molar-refractivity contribution >= 4 is 27.5 Å². The lowest BCUT2D eigenvalue weighted by molar-refractivity contribution is -0.141. The van der Waals surface area contributed by atoms with E-state index in [9.17, 15) is 18.0 Å². The van der Waals surface area contributed by atoms with E-state index >= 15 is 0 Å². The third kappa shape index (κ3) is 7.97. The molecule has 0 spiro atoms. The minimum Gasteiger partial charge on any atom is -0.350 e. The zero-order valence-corrected chi connectivity index (χ0v) is 26.3. The molecule has 0 heterocycles. The fourth-order valence-electron chi connectivity index (χ4n) is 4.68. The number of nitrogens with zero attached hydrogens (tertiary/aromatic N) is 2. The van der Waals surface area contributed by atoms with Gasteiger partial charge in [0.1, 0.15) is 12.6 Å². The zero-order chi connectivity index (χ0) is 30.5. The van der Waals surface area contributed by atoms with E-state index < -0.39 is 34.1 Å². The van der Waals surface area contributed by atoms with Gasteiger partial charge in [-0.1, -0.05) is 61.0 Å². The molecule has 0 unspecified atom stereocenters. The number of hydrogen-bond acceptors (Lipinski definition) is 4. The molecule has 0 saturated heterocycles. The van der Waals surface area contributed by atoms with Gasteiger partial charge in [0.25, 0.3) is 10.0 Å². The summed E-state index contributed by atoms with van der Waals surface area (Å²) in [6.07, 6.45) is 0.369. The topological polar surface area (TPSA) is 86.8 Å². The Morgan fingerprint density at radius 2 is 1.46 bits per heavy atom. The van der Waals surface area contributed by atoms with Crippen molar-refractivity contribution in [1.29, 1.82) is 0 Å². The first kappa shape index (κ1) is 31.9. The van der Waals surface area contributed by atoms with Crippen LogP contribution >= 0.6 is 0 Å². The number of nitrogens with one attached hydrogen (secondary N) is 1. The van der Waals surface area contributed by atoms with E-state index in [-0.39, 0.29) is 17.3 Å². The van der Waals surface area contributed by atoms with Crippen LogP contribution in [0.2, 0.25) is 0 Å². The maximum absolute atomic E-state index is 14.3. The summed E-state index contributed by atoms with van der Waals surface area (Å²) in [4.78, 5) is 29.4. The molecule has 0 fully saturated rings. The van der Waals surface area contributed by atoms with E-state index in [2.05, 4.69) is 5.32 Å². The van der Waals surface area contributed by atoms with E-state index in [0.717, 1.165) is 27.8 Å². The molecule has 8 heteroatoms. The number of carbonyl (C=O) groups excluding carboxylic acids is 2. The van der Waals surface area contributed by atoms with Gasteiger partial charge in [0.05, 0.1) is 10.6 Å². The number of sulfonamides is 1. The molecule has 220 valence electrons. The smallest absolute Gasteiger partial charge is 0.264 e. The summed E-state index contributed by atoms with van der Waals surface area (Å²) < 4.78 is 29.4. The molecule has 0 aliphatic carbocycles. The Balaban J connectivity index is 2.13. The van der Waals surface area contributed by atoms with Crippen molar-refractivity contribution in [3.63, 3.8) is 0 Å². The molecule has 3 rings (SSSR count). The molecule has 1 N–H and O–H groups in total. The van der Waals surface area contributed by atoms with E-state index in [4.69, 9.17) is 0 Å². The summed E-state index contributed by atoms with van der Waals surface area (Å²) in [6.45, 7) is 14.8. The highest BCUT2D eigenvalue weighted by molar-refractivity contribution is 7.92. The van der Waals surface area contributed by atoms with Crippen molar-refractivity contribution in [1.82, 2.24) is 10.2 Å². The summed E-state index contributed by atoms with van der Waals surface area (Å²) in [6, 6.07) is 19.1. The lowest BCUT2D eigenvalue weighted by atomic mass is 10.0. The van der Waals surface area contributed by atoms with Gasteiger partial charge in [0, 0.05) is 12.1 Å². The Morgan fingerprint density at radius 3 is 2.05 bits per heavy atom. The highest BCUT2D eigenvalue weighted by atomic mass is 32.2. The second kappa shape index (κ2) is 12.9. The monoisotopic (exact) mass is 577 g/mol. The minimum absolute atomic E-state index is 0.0970. The SMILES string of the molecule is CC[C@H](C(=O)NC(C)(C)C)N(Cc1ccccc1C)C(=O)CN(c1cc(C)ccc1C)S(=O)(=O)c1ccc(C)cc1. The number of benzene rings is 3. The molecule has 3 aromatic carbocycles. The average Bonchev–Trinajstić information content (AvgIpc) is 2.88. The second-order valence-electron chi connectivity index (χ2n) is 11.7. The van der Waals surface area contributed by atoms with Gasteiger partial charge < -0.3 is 10.2 Å². The zero-order valence-electron chi connectivity index (χ0n) is 25.5. The summed E-state index contributed by atoms with van der Waals surface area (Å²) in [5.74, 6) is -0.734. The van der Waals surface area contributed by atoms with Crippen LogP contribution in [0.3, 0.4) is 0 Å². The van der Waals surface area contributed by atoms with Crippen LogP contribution in [0, 0.1) is 27.7 Å². The van der Waals surface area contributed by atoms with E-state index in [1.165, 1.54) is 9.21 Å². The number of carbonyl (C=O) groups is 2. The molecule has 0 radical (unpaired) electrons. The van der Waals surface area contributed by atoms with Crippen LogP contribution in [-0.4, -0.2) is 43.3 Å². The number of aryl methyl sites for hydroxylation is 4. The van der Waals surface area contributed by atoms with Gasteiger partial charge in [0.15, 0.2) is 0 Å². The molecular formula is C33H43N3O4S. The van der Waals surface area contributed by atoms with Crippen LogP contribution in [-0.2, 0) is 26.2 Å². The van der Waals surface area contributed by atoms with Gasteiger partial charge in [0.2, 0.25) is 11.8 Å². The van der Waals surface area contributed by atoms with Crippen LogP contribution in [0.1, 0.15) is 61.9 Å². The van der Waals surface area contributed by atoms with Gasteiger partial charge in [-0.25, -0.2) is 8.42 Å². The lowest BCUT2D eigenvalue weighted by Gasteiger charge is -2.35. The second-order valence-corrected chi connectivity index (χ2v) is 13.6. The summed E-state index contributed by atoms with van der Waals surface area (Å²) >= 11 is 0. The van der Waals surface area contributed by atoms with Gasteiger partial charge in [-0.05, 0) is 95.3 Å². The molecule has 0 bridgehead atoms. The molecule has 0 aliphatic heterocycles. The Labute approximate surface area is 245 Å². The Kier molecular flexibility index (Phi) is 10.0. The highest BCUT2D eigenvalue weighted by Gasteiger charge is 2.35. The Hall–Kier alpha value is -3.65. The van der Waals surface area contributed by atoms with Crippen LogP contribution in [0.25, 0.3) is 0 Å². The normalized spacial score (nSPS) is 12.5. The number of rotatable bonds is 10. The van der Waals surface area contributed by atoms with Crippen molar-refractivity contribution < 1.29 is 18.0 Å². The third-order valence-electron chi connectivity index (χ3n) is 7.01. The maximum atomic E-state index is 14.3. The molecule has 0 saturated carbocycles. The van der Waals surface area contributed by atoms with Crippen molar-refractivity contribution in [2.75, 3.05) is 10.8 Å².